The van der Waals surface area contributed by atoms with Crippen LogP contribution in [-0.4, -0.2) is 16.1 Å². The van der Waals surface area contributed by atoms with Crippen molar-refractivity contribution < 1.29 is 4.79 Å². The number of amides is 1. The second-order valence-corrected chi connectivity index (χ2v) is 4.42. The number of hydrogen-bond donors (Lipinski definition) is 0. The minimum atomic E-state index is -0.137. The van der Waals surface area contributed by atoms with E-state index in [0.29, 0.717) is 11.4 Å². The molecule has 1 amide bonds. The molecule has 0 aliphatic carbocycles. The Kier molecular flexibility index (Phi) is 3.69. The molecule has 0 spiro atoms. The molecule has 21 heavy (non-hydrogen) atoms. The Hall–Kier alpha value is -3.01. The number of rotatable bonds is 3. The van der Waals surface area contributed by atoms with E-state index < -0.39 is 0 Å². The second kappa shape index (κ2) is 5.96. The van der Waals surface area contributed by atoms with Crippen LogP contribution in [0, 0.1) is 0 Å². The Morgan fingerprint density at radius 3 is 2.10 bits per heavy atom. The van der Waals surface area contributed by atoms with E-state index in [9.17, 15) is 4.79 Å². The van der Waals surface area contributed by atoms with Crippen LogP contribution in [-0.2, 0) is 0 Å². The summed E-state index contributed by atoms with van der Waals surface area (Å²) in [5.74, 6) is 0.361. The fourth-order valence-electron chi connectivity index (χ4n) is 2.05. The van der Waals surface area contributed by atoms with Crippen molar-refractivity contribution in [1.29, 1.82) is 0 Å². The Balaban J connectivity index is 2.07. The summed E-state index contributed by atoms with van der Waals surface area (Å²) in [4.78, 5) is 14.4. The molecule has 0 radical (unpaired) electrons. The monoisotopic (exact) mass is 275 g/mol. The zero-order valence-electron chi connectivity index (χ0n) is 11.3. The van der Waals surface area contributed by atoms with Gasteiger partial charge in [-0.1, -0.05) is 36.4 Å². The number of aromatic nitrogens is 2. The second-order valence-electron chi connectivity index (χ2n) is 4.42. The van der Waals surface area contributed by atoms with Gasteiger partial charge >= 0.3 is 0 Å². The highest BCUT2D eigenvalue weighted by atomic mass is 16.2. The molecule has 1 heterocycles. The van der Waals surface area contributed by atoms with E-state index in [0.717, 1.165) is 5.69 Å². The number of nitrogens with zero attached hydrogens (tertiary/aromatic N) is 3. The SMILES string of the molecule is O=C(c1ccccc1)N(c1ccccc1)c1cccnn1. The predicted octanol–water partition coefficient (Wildman–Crippen LogP) is 3.46. The Labute approximate surface area is 122 Å². The van der Waals surface area contributed by atoms with E-state index in [4.69, 9.17) is 0 Å². The van der Waals surface area contributed by atoms with E-state index in [1.807, 2.05) is 48.5 Å². The van der Waals surface area contributed by atoms with Gasteiger partial charge in [0.1, 0.15) is 0 Å². The van der Waals surface area contributed by atoms with Crippen LogP contribution in [0.2, 0.25) is 0 Å². The first-order chi connectivity index (χ1) is 10.4. The van der Waals surface area contributed by atoms with Gasteiger partial charge in [-0.25, -0.2) is 0 Å². The van der Waals surface area contributed by atoms with Gasteiger partial charge in [0, 0.05) is 11.8 Å². The van der Waals surface area contributed by atoms with Crippen LogP contribution in [0.4, 0.5) is 11.5 Å². The van der Waals surface area contributed by atoms with Gasteiger partial charge in [0.05, 0.1) is 5.69 Å². The van der Waals surface area contributed by atoms with Crippen molar-refractivity contribution >= 4 is 17.4 Å². The van der Waals surface area contributed by atoms with Gasteiger partial charge < -0.3 is 0 Å². The lowest BCUT2D eigenvalue weighted by molar-refractivity contribution is 0.0998. The maximum absolute atomic E-state index is 12.8. The molecule has 0 N–H and O–H groups in total. The molecule has 3 aromatic rings. The third kappa shape index (κ3) is 2.79. The quantitative estimate of drug-likeness (QED) is 0.735. The number of anilines is 2. The summed E-state index contributed by atoms with van der Waals surface area (Å²) in [6.45, 7) is 0. The standard InChI is InChI=1S/C17H13N3O/c21-17(14-8-3-1-4-9-14)20(15-10-5-2-6-11-15)16-12-7-13-18-19-16/h1-13H. The van der Waals surface area contributed by atoms with E-state index >= 15 is 0 Å². The first-order valence-electron chi connectivity index (χ1n) is 6.58. The Morgan fingerprint density at radius 1 is 0.810 bits per heavy atom. The predicted molar refractivity (Wildman–Crippen MR) is 81.4 cm³/mol. The van der Waals surface area contributed by atoms with Crippen LogP contribution in [0.15, 0.2) is 79.0 Å². The minimum absolute atomic E-state index is 0.137. The van der Waals surface area contributed by atoms with Crippen LogP contribution in [0.1, 0.15) is 10.4 Å². The molecule has 3 rings (SSSR count). The zero-order valence-corrected chi connectivity index (χ0v) is 11.3. The number of para-hydroxylation sites is 1. The topological polar surface area (TPSA) is 46.1 Å². The molecule has 0 aliphatic rings. The smallest absolute Gasteiger partial charge is 0.264 e. The molecular weight excluding hydrogens is 262 g/mol. The van der Waals surface area contributed by atoms with Crippen molar-refractivity contribution in [3.8, 4) is 0 Å². The summed E-state index contributed by atoms with van der Waals surface area (Å²) in [6, 6.07) is 22.1. The van der Waals surface area contributed by atoms with Crippen molar-refractivity contribution in [1.82, 2.24) is 10.2 Å². The summed E-state index contributed by atoms with van der Waals surface area (Å²) >= 11 is 0. The lowest BCUT2D eigenvalue weighted by Crippen LogP contribution is -2.26. The molecule has 0 fully saturated rings. The first-order valence-corrected chi connectivity index (χ1v) is 6.58. The number of carbonyl (C=O) groups excluding carboxylic acids is 1. The fraction of sp³-hybridized carbons (Fsp3) is 0. The molecule has 0 atom stereocenters. The van der Waals surface area contributed by atoms with Crippen molar-refractivity contribution in [3.63, 3.8) is 0 Å². The highest BCUT2D eigenvalue weighted by molar-refractivity contribution is 6.10. The summed E-state index contributed by atoms with van der Waals surface area (Å²) in [6.07, 6.45) is 1.58. The van der Waals surface area contributed by atoms with Crippen LogP contribution < -0.4 is 4.90 Å². The van der Waals surface area contributed by atoms with Gasteiger partial charge in [0.15, 0.2) is 5.82 Å². The number of hydrogen-bond acceptors (Lipinski definition) is 3. The molecule has 102 valence electrons. The largest absolute Gasteiger partial charge is 0.268 e. The average molecular weight is 275 g/mol. The third-order valence-corrected chi connectivity index (χ3v) is 3.03. The fourth-order valence-corrected chi connectivity index (χ4v) is 2.05. The molecule has 0 unspecified atom stereocenters. The third-order valence-electron chi connectivity index (χ3n) is 3.03. The molecule has 0 saturated carbocycles. The summed E-state index contributed by atoms with van der Waals surface area (Å²) in [5.41, 5.74) is 1.36. The van der Waals surface area contributed by atoms with E-state index in [1.54, 1.807) is 35.4 Å². The maximum Gasteiger partial charge on any atom is 0.264 e. The van der Waals surface area contributed by atoms with Crippen LogP contribution >= 0.6 is 0 Å². The molecule has 0 bridgehead atoms. The molecule has 4 nitrogen and oxygen atoms in total. The normalized spacial score (nSPS) is 10.1. The van der Waals surface area contributed by atoms with Crippen LogP contribution in [0.3, 0.4) is 0 Å². The molecule has 1 aromatic heterocycles. The van der Waals surface area contributed by atoms with E-state index in [2.05, 4.69) is 10.2 Å². The van der Waals surface area contributed by atoms with Gasteiger partial charge in [0.2, 0.25) is 0 Å². The van der Waals surface area contributed by atoms with Crippen molar-refractivity contribution in [2.75, 3.05) is 4.90 Å². The van der Waals surface area contributed by atoms with Crippen LogP contribution in [0.5, 0.6) is 0 Å². The van der Waals surface area contributed by atoms with Gasteiger partial charge in [0.25, 0.3) is 5.91 Å². The first kappa shape index (κ1) is 13.0. The highest BCUT2D eigenvalue weighted by Crippen LogP contribution is 2.24. The van der Waals surface area contributed by atoms with Crippen LogP contribution in [0.25, 0.3) is 0 Å². The molecule has 2 aromatic carbocycles. The van der Waals surface area contributed by atoms with Gasteiger partial charge in [-0.3, -0.25) is 9.69 Å². The summed E-state index contributed by atoms with van der Waals surface area (Å²) in [7, 11) is 0. The van der Waals surface area contributed by atoms with Gasteiger partial charge in [-0.05, 0) is 36.4 Å². The van der Waals surface area contributed by atoms with Gasteiger partial charge in [-0.2, -0.15) is 5.10 Å². The average Bonchev–Trinajstić information content (AvgIpc) is 2.58. The van der Waals surface area contributed by atoms with E-state index in [-0.39, 0.29) is 5.91 Å². The lowest BCUT2D eigenvalue weighted by Gasteiger charge is -2.21. The summed E-state index contributed by atoms with van der Waals surface area (Å²) in [5, 5.41) is 7.92. The number of benzene rings is 2. The van der Waals surface area contributed by atoms with Crippen molar-refractivity contribution in [2.24, 2.45) is 0 Å². The van der Waals surface area contributed by atoms with Gasteiger partial charge in [-0.15, -0.1) is 5.10 Å². The maximum atomic E-state index is 12.8. The van der Waals surface area contributed by atoms with Crippen molar-refractivity contribution in [3.05, 3.63) is 84.6 Å². The van der Waals surface area contributed by atoms with E-state index in [1.165, 1.54) is 0 Å². The molecule has 0 aliphatic heterocycles. The summed E-state index contributed by atoms with van der Waals surface area (Å²) < 4.78 is 0. The highest BCUT2D eigenvalue weighted by Gasteiger charge is 2.20. The molecule has 4 heteroatoms. The zero-order chi connectivity index (χ0) is 14.5. The lowest BCUT2D eigenvalue weighted by atomic mass is 10.2. The van der Waals surface area contributed by atoms with Crippen molar-refractivity contribution in [2.45, 2.75) is 0 Å². The number of carbonyl (C=O) groups is 1. The Morgan fingerprint density at radius 2 is 1.48 bits per heavy atom. The minimum Gasteiger partial charge on any atom is -0.268 e. The Bertz CT molecular complexity index is 675. The molecule has 0 saturated heterocycles. The molecular formula is C17H13N3O.